The summed E-state index contributed by atoms with van der Waals surface area (Å²) >= 11 is 6.03. The average Bonchev–Trinajstić information content (AvgIpc) is 3.28. The van der Waals surface area contributed by atoms with E-state index in [1.165, 1.54) is 4.80 Å². The summed E-state index contributed by atoms with van der Waals surface area (Å²) in [5.74, 6) is 0.621. The Labute approximate surface area is 186 Å². The van der Waals surface area contributed by atoms with Gasteiger partial charge in [-0.25, -0.2) is 4.98 Å². The number of nitrogens with zero attached hydrogens (tertiary/aromatic N) is 5. The molecule has 3 aromatic rings. The van der Waals surface area contributed by atoms with Gasteiger partial charge in [0.05, 0.1) is 17.9 Å². The number of amides is 1. The largest absolute Gasteiger partial charge is 0.380 e. The zero-order valence-electron chi connectivity index (χ0n) is 17.6. The van der Waals surface area contributed by atoms with Gasteiger partial charge in [-0.2, -0.15) is 10.2 Å². The summed E-state index contributed by atoms with van der Waals surface area (Å²) in [6.07, 6.45) is 6.24. The summed E-state index contributed by atoms with van der Waals surface area (Å²) in [5.41, 5.74) is 2.57. The van der Waals surface area contributed by atoms with Gasteiger partial charge in [-0.3, -0.25) is 4.79 Å². The first-order valence-corrected chi connectivity index (χ1v) is 11.0. The Kier molecular flexibility index (Phi) is 4.93. The van der Waals surface area contributed by atoms with Crippen molar-refractivity contribution in [1.29, 1.82) is 0 Å². The summed E-state index contributed by atoms with van der Waals surface area (Å²) in [4.78, 5) is 22.0. The highest BCUT2D eigenvalue weighted by atomic mass is 35.5. The molecule has 1 amide bonds. The van der Waals surface area contributed by atoms with Crippen LogP contribution < -0.4 is 5.32 Å². The quantitative estimate of drug-likeness (QED) is 0.651. The van der Waals surface area contributed by atoms with E-state index in [0.29, 0.717) is 22.3 Å². The van der Waals surface area contributed by atoms with E-state index in [4.69, 9.17) is 11.6 Å². The molecule has 0 radical (unpaired) electrons. The number of hydrogen-bond donors (Lipinski definition) is 1. The number of aromatic nitrogens is 4. The number of anilines is 1. The van der Waals surface area contributed by atoms with Crippen molar-refractivity contribution >= 4 is 23.2 Å². The third kappa shape index (κ3) is 3.47. The van der Waals surface area contributed by atoms with Crippen molar-refractivity contribution in [2.45, 2.75) is 44.7 Å². The lowest BCUT2D eigenvalue weighted by Crippen LogP contribution is -2.70. The van der Waals surface area contributed by atoms with Crippen LogP contribution in [0, 0.1) is 12.8 Å². The van der Waals surface area contributed by atoms with Crippen LogP contribution >= 0.6 is 11.6 Å². The minimum Gasteiger partial charge on any atom is -0.380 e. The number of carbonyl (C=O) groups excluding carboxylic acids is 1. The van der Waals surface area contributed by atoms with Crippen LogP contribution in [0.3, 0.4) is 0 Å². The predicted molar refractivity (Wildman–Crippen MR) is 120 cm³/mol. The molecule has 1 saturated carbocycles. The first-order chi connectivity index (χ1) is 15.0. The fraction of sp³-hybridized carbons (Fsp3) is 0.391. The minimum absolute atomic E-state index is 0.0566. The van der Waals surface area contributed by atoms with E-state index in [1.54, 1.807) is 12.4 Å². The minimum atomic E-state index is -0.236. The molecule has 6 rings (SSSR count). The van der Waals surface area contributed by atoms with Crippen LogP contribution in [0.1, 0.15) is 42.4 Å². The van der Waals surface area contributed by atoms with Gasteiger partial charge in [0.2, 0.25) is 0 Å². The van der Waals surface area contributed by atoms with Gasteiger partial charge in [-0.05, 0) is 75.4 Å². The molecule has 2 saturated heterocycles. The van der Waals surface area contributed by atoms with Crippen molar-refractivity contribution < 1.29 is 4.79 Å². The SMILES string of the molecule is Cc1ccc(-n2nccn2)c(C(=O)N2CCC3CC2(C(C)Nc2ccc(Cl)cc2)C3)n1. The summed E-state index contributed by atoms with van der Waals surface area (Å²) in [6.45, 7) is 4.79. The van der Waals surface area contributed by atoms with Gasteiger partial charge in [0.15, 0.2) is 5.69 Å². The van der Waals surface area contributed by atoms with E-state index in [-0.39, 0.29) is 17.5 Å². The van der Waals surface area contributed by atoms with Crippen LogP contribution in [0.25, 0.3) is 5.69 Å². The van der Waals surface area contributed by atoms with Gasteiger partial charge < -0.3 is 10.2 Å². The number of fused-ring (bicyclic) bond motifs is 2. The lowest BCUT2D eigenvalue weighted by molar-refractivity contribution is -0.0653. The highest BCUT2D eigenvalue weighted by Crippen LogP contribution is 2.51. The van der Waals surface area contributed by atoms with E-state index in [1.807, 2.05) is 48.2 Å². The lowest BCUT2D eigenvalue weighted by Gasteiger charge is -2.61. The van der Waals surface area contributed by atoms with E-state index in [9.17, 15) is 4.79 Å². The van der Waals surface area contributed by atoms with Crippen LogP contribution in [0.4, 0.5) is 5.69 Å². The third-order valence-electron chi connectivity index (χ3n) is 6.71. The van der Waals surface area contributed by atoms with E-state index < -0.39 is 0 Å². The van der Waals surface area contributed by atoms with Crippen molar-refractivity contribution in [1.82, 2.24) is 24.9 Å². The molecule has 0 spiro atoms. The second-order valence-corrected chi connectivity index (χ2v) is 9.07. The smallest absolute Gasteiger partial charge is 0.275 e. The van der Waals surface area contributed by atoms with Gasteiger partial charge in [-0.15, -0.1) is 4.80 Å². The van der Waals surface area contributed by atoms with Crippen molar-refractivity contribution in [3.05, 3.63) is 65.2 Å². The van der Waals surface area contributed by atoms with E-state index in [2.05, 4.69) is 27.4 Å². The van der Waals surface area contributed by atoms with Gasteiger partial charge in [-0.1, -0.05) is 11.6 Å². The molecule has 31 heavy (non-hydrogen) atoms. The topological polar surface area (TPSA) is 75.9 Å². The molecule has 2 bridgehead atoms. The molecular weight excluding hydrogens is 412 g/mol. The molecule has 2 aromatic heterocycles. The van der Waals surface area contributed by atoms with Crippen molar-refractivity contribution in [2.75, 3.05) is 11.9 Å². The number of benzene rings is 1. The monoisotopic (exact) mass is 436 g/mol. The molecule has 1 aromatic carbocycles. The molecule has 4 heterocycles. The number of hydrogen-bond acceptors (Lipinski definition) is 5. The number of nitrogens with one attached hydrogen (secondary N) is 1. The van der Waals surface area contributed by atoms with Gasteiger partial charge in [0.1, 0.15) is 5.69 Å². The zero-order valence-corrected chi connectivity index (χ0v) is 18.4. The predicted octanol–water partition coefficient (Wildman–Crippen LogP) is 4.12. The maximum atomic E-state index is 13.9. The molecule has 7 nitrogen and oxygen atoms in total. The molecule has 1 unspecified atom stereocenters. The number of rotatable bonds is 5. The zero-order chi connectivity index (χ0) is 21.6. The summed E-state index contributed by atoms with van der Waals surface area (Å²) in [6, 6.07) is 11.5. The molecule has 1 atom stereocenters. The maximum absolute atomic E-state index is 13.9. The Bertz CT molecular complexity index is 1090. The Morgan fingerprint density at radius 2 is 1.87 bits per heavy atom. The number of piperidine rings is 2. The molecule has 1 aliphatic carbocycles. The molecule has 2 aliphatic heterocycles. The standard InChI is InChI=1S/C23H25ClN6O/c1-15-3-8-20(30-25-10-11-26-30)21(27-15)22(31)29-12-9-17-13-23(29,14-17)16(2)28-19-6-4-18(24)5-7-19/h3-8,10-11,16-17,28H,9,12-14H2,1-2H3. The first kappa shape index (κ1) is 20.0. The van der Waals surface area contributed by atoms with Gasteiger partial charge in [0, 0.05) is 29.0 Å². The molecule has 8 heteroatoms. The van der Waals surface area contributed by atoms with Crippen molar-refractivity contribution in [3.8, 4) is 5.69 Å². The Morgan fingerprint density at radius 3 is 2.58 bits per heavy atom. The second-order valence-electron chi connectivity index (χ2n) is 8.64. The molecule has 160 valence electrons. The Balaban J connectivity index is 1.47. The van der Waals surface area contributed by atoms with E-state index >= 15 is 0 Å². The van der Waals surface area contributed by atoms with Crippen LogP contribution in [0.2, 0.25) is 5.02 Å². The first-order valence-electron chi connectivity index (χ1n) is 10.6. The lowest BCUT2D eigenvalue weighted by atomic mass is 9.59. The maximum Gasteiger partial charge on any atom is 0.275 e. The molecule has 1 N–H and O–H groups in total. The second kappa shape index (κ2) is 7.64. The summed E-state index contributed by atoms with van der Waals surface area (Å²) in [7, 11) is 0. The number of pyridine rings is 1. The number of aryl methyl sites for hydroxylation is 1. The normalized spacial score (nSPS) is 23.2. The van der Waals surface area contributed by atoms with Crippen molar-refractivity contribution in [2.24, 2.45) is 5.92 Å². The van der Waals surface area contributed by atoms with Crippen molar-refractivity contribution in [3.63, 3.8) is 0 Å². The van der Waals surface area contributed by atoms with Crippen LogP contribution in [-0.4, -0.2) is 48.9 Å². The van der Waals surface area contributed by atoms with Gasteiger partial charge in [0.25, 0.3) is 5.91 Å². The molecule has 3 fully saturated rings. The van der Waals surface area contributed by atoms with Crippen LogP contribution in [-0.2, 0) is 0 Å². The molecule has 3 aliphatic rings. The summed E-state index contributed by atoms with van der Waals surface area (Å²) in [5, 5.41) is 12.8. The Hall–Kier alpha value is -2.93. The Morgan fingerprint density at radius 1 is 1.16 bits per heavy atom. The van der Waals surface area contributed by atoms with Gasteiger partial charge >= 0.3 is 0 Å². The third-order valence-corrected chi connectivity index (χ3v) is 6.96. The highest BCUT2D eigenvalue weighted by Gasteiger charge is 2.57. The summed E-state index contributed by atoms with van der Waals surface area (Å²) < 4.78 is 0. The fourth-order valence-corrected chi connectivity index (χ4v) is 5.18. The number of halogens is 1. The fourth-order valence-electron chi connectivity index (χ4n) is 5.06. The highest BCUT2D eigenvalue weighted by molar-refractivity contribution is 6.30. The molecular formula is C23H25ClN6O. The van der Waals surface area contributed by atoms with Crippen LogP contribution in [0.5, 0.6) is 0 Å². The van der Waals surface area contributed by atoms with E-state index in [0.717, 1.165) is 37.2 Å². The average molecular weight is 437 g/mol. The van der Waals surface area contributed by atoms with Crippen LogP contribution in [0.15, 0.2) is 48.8 Å². The number of carbonyl (C=O) groups is 1.